The molecule has 1 saturated heterocycles. The summed E-state index contributed by atoms with van der Waals surface area (Å²) in [6.45, 7) is 2.49. The standard InChI is InChI=1S/C18H19N3O2S/c1-13-8-9-17(14-5-2-11-20-18(13)14)24(22,23)21-12-4-7-16(21)15-6-3-10-19-15/h2-3,5-6,8-11,16,19H,4,7,12H2,1H3/t16-/m1/s1. The van der Waals surface area contributed by atoms with E-state index in [2.05, 4.69) is 9.97 Å². The summed E-state index contributed by atoms with van der Waals surface area (Å²) < 4.78 is 28.3. The van der Waals surface area contributed by atoms with Crippen molar-refractivity contribution < 1.29 is 8.42 Å². The van der Waals surface area contributed by atoms with E-state index < -0.39 is 10.0 Å². The van der Waals surface area contributed by atoms with Crippen molar-refractivity contribution in [2.24, 2.45) is 0 Å². The summed E-state index contributed by atoms with van der Waals surface area (Å²) in [7, 11) is -3.58. The first-order chi connectivity index (χ1) is 11.6. The minimum absolute atomic E-state index is 0.127. The van der Waals surface area contributed by atoms with Crippen LogP contribution in [-0.4, -0.2) is 29.2 Å². The predicted octanol–water partition coefficient (Wildman–Crippen LogP) is 3.40. The highest BCUT2D eigenvalue weighted by molar-refractivity contribution is 7.89. The lowest BCUT2D eigenvalue weighted by molar-refractivity contribution is 0.392. The van der Waals surface area contributed by atoms with Crippen LogP contribution >= 0.6 is 0 Å². The predicted molar refractivity (Wildman–Crippen MR) is 93.1 cm³/mol. The van der Waals surface area contributed by atoms with E-state index in [-0.39, 0.29) is 6.04 Å². The Kier molecular flexibility index (Phi) is 3.66. The Hall–Kier alpha value is -2.18. The molecule has 0 spiro atoms. The second-order valence-corrected chi connectivity index (χ2v) is 8.04. The van der Waals surface area contributed by atoms with Gasteiger partial charge in [0, 0.05) is 30.0 Å². The number of aromatic amines is 1. The average molecular weight is 341 g/mol. The third-order valence-corrected chi connectivity index (χ3v) is 6.67. The van der Waals surface area contributed by atoms with Gasteiger partial charge >= 0.3 is 0 Å². The quantitative estimate of drug-likeness (QED) is 0.794. The average Bonchev–Trinajstić information content (AvgIpc) is 3.26. The summed E-state index contributed by atoms with van der Waals surface area (Å²) >= 11 is 0. The van der Waals surface area contributed by atoms with Gasteiger partial charge in [0.15, 0.2) is 0 Å². The van der Waals surface area contributed by atoms with Crippen molar-refractivity contribution in [3.63, 3.8) is 0 Å². The minimum Gasteiger partial charge on any atom is -0.364 e. The molecule has 0 radical (unpaired) electrons. The summed E-state index contributed by atoms with van der Waals surface area (Å²) in [4.78, 5) is 7.86. The molecule has 3 aromatic rings. The van der Waals surface area contributed by atoms with E-state index in [4.69, 9.17) is 0 Å². The van der Waals surface area contributed by atoms with Crippen LogP contribution < -0.4 is 0 Å². The van der Waals surface area contributed by atoms with Gasteiger partial charge in [-0.15, -0.1) is 0 Å². The second kappa shape index (κ2) is 5.72. The smallest absolute Gasteiger partial charge is 0.244 e. The van der Waals surface area contributed by atoms with E-state index in [0.717, 1.165) is 29.6 Å². The van der Waals surface area contributed by atoms with Crippen LogP contribution in [0.1, 0.15) is 30.1 Å². The van der Waals surface area contributed by atoms with Gasteiger partial charge in [-0.05, 0) is 55.7 Å². The molecule has 1 N–H and O–H groups in total. The molecule has 0 saturated carbocycles. The first-order valence-corrected chi connectivity index (χ1v) is 9.52. The van der Waals surface area contributed by atoms with Crippen LogP contribution in [0.2, 0.25) is 0 Å². The fourth-order valence-electron chi connectivity index (χ4n) is 3.53. The maximum atomic E-state index is 13.3. The molecule has 4 rings (SSSR count). The van der Waals surface area contributed by atoms with Crippen LogP contribution in [0.5, 0.6) is 0 Å². The van der Waals surface area contributed by atoms with Crippen LogP contribution in [0, 0.1) is 6.92 Å². The number of hydrogen-bond donors (Lipinski definition) is 1. The summed E-state index contributed by atoms with van der Waals surface area (Å²) in [6, 6.07) is 10.9. The molecular formula is C18H19N3O2S. The Labute approximate surface area is 141 Å². The molecule has 5 nitrogen and oxygen atoms in total. The summed E-state index contributed by atoms with van der Waals surface area (Å²) in [5.74, 6) is 0. The molecule has 1 aliphatic heterocycles. The van der Waals surface area contributed by atoms with Gasteiger partial charge in [-0.25, -0.2) is 8.42 Å². The zero-order chi connectivity index (χ0) is 16.7. The number of fused-ring (bicyclic) bond motifs is 1. The highest BCUT2D eigenvalue weighted by atomic mass is 32.2. The zero-order valence-corrected chi connectivity index (χ0v) is 14.3. The fourth-order valence-corrected chi connectivity index (χ4v) is 5.39. The van der Waals surface area contributed by atoms with E-state index >= 15 is 0 Å². The van der Waals surface area contributed by atoms with Gasteiger partial charge in [0.25, 0.3) is 0 Å². The van der Waals surface area contributed by atoms with Gasteiger partial charge in [-0.1, -0.05) is 6.07 Å². The highest BCUT2D eigenvalue weighted by Gasteiger charge is 2.37. The Morgan fingerprint density at radius 3 is 2.88 bits per heavy atom. The zero-order valence-electron chi connectivity index (χ0n) is 13.4. The van der Waals surface area contributed by atoms with Gasteiger partial charge in [0.2, 0.25) is 10.0 Å². The van der Waals surface area contributed by atoms with Crippen LogP contribution in [0.3, 0.4) is 0 Å². The van der Waals surface area contributed by atoms with Gasteiger partial charge in [-0.3, -0.25) is 4.98 Å². The third-order valence-electron chi connectivity index (χ3n) is 4.70. The van der Waals surface area contributed by atoms with Crippen LogP contribution in [0.15, 0.2) is 53.7 Å². The molecule has 6 heteroatoms. The van der Waals surface area contributed by atoms with Gasteiger partial charge in [-0.2, -0.15) is 4.31 Å². The fraction of sp³-hybridized carbons (Fsp3) is 0.278. The number of nitrogens with one attached hydrogen (secondary N) is 1. The lowest BCUT2D eigenvalue weighted by Crippen LogP contribution is -2.31. The van der Waals surface area contributed by atoms with Crippen molar-refractivity contribution in [3.8, 4) is 0 Å². The number of benzene rings is 1. The molecule has 1 atom stereocenters. The van der Waals surface area contributed by atoms with Gasteiger partial charge in [0.1, 0.15) is 0 Å². The van der Waals surface area contributed by atoms with E-state index in [9.17, 15) is 8.42 Å². The Bertz CT molecular complexity index is 981. The van der Waals surface area contributed by atoms with Gasteiger partial charge in [0.05, 0.1) is 16.5 Å². The van der Waals surface area contributed by atoms with Crippen molar-refractivity contribution in [1.82, 2.24) is 14.3 Å². The Balaban J connectivity index is 1.85. The number of pyridine rings is 1. The van der Waals surface area contributed by atoms with E-state index in [1.807, 2.05) is 37.4 Å². The maximum absolute atomic E-state index is 13.3. The molecule has 0 amide bonds. The highest BCUT2D eigenvalue weighted by Crippen LogP contribution is 2.37. The number of hydrogen-bond acceptors (Lipinski definition) is 3. The number of rotatable bonds is 3. The van der Waals surface area contributed by atoms with Crippen LogP contribution in [0.25, 0.3) is 10.9 Å². The van der Waals surface area contributed by atoms with Crippen molar-refractivity contribution in [1.29, 1.82) is 0 Å². The topological polar surface area (TPSA) is 66.1 Å². The number of H-pyrrole nitrogens is 1. The molecule has 124 valence electrons. The molecule has 2 aromatic heterocycles. The molecule has 1 aromatic carbocycles. The maximum Gasteiger partial charge on any atom is 0.244 e. The molecule has 0 bridgehead atoms. The normalized spacial score (nSPS) is 19.1. The minimum atomic E-state index is -3.58. The summed E-state index contributed by atoms with van der Waals surface area (Å²) in [5.41, 5.74) is 2.67. The van der Waals surface area contributed by atoms with Crippen molar-refractivity contribution in [2.75, 3.05) is 6.54 Å². The molecule has 0 unspecified atom stereocenters. The lowest BCUT2D eigenvalue weighted by atomic mass is 10.1. The Morgan fingerprint density at radius 2 is 2.08 bits per heavy atom. The Morgan fingerprint density at radius 1 is 1.21 bits per heavy atom. The second-order valence-electron chi connectivity index (χ2n) is 6.18. The van der Waals surface area contributed by atoms with Crippen molar-refractivity contribution in [2.45, 2.75) is 30.7 Å². The molecule has 0 aliphatic carbocycles. The van der Waals surface area contributed by atoms with E-state index in [0.29, 0.717) is 16.8 Å². The first-order valence-electron chi connectivity index (χ1n) is 8.08. The van der Waals surface area contributed by atoms with E-state index in [1.165, 1.54) is 0 Å². The largest absolute Gasteiger partial charge is 0.364 e. The lowest BCUT2D eigenvalue weighted by Gasteiger charge is -2.24. The van der Waals surface area contributed by atoms with Gasteiger partial charge < -0.3 is 4.98 Å². The third kappa shape index (κ3) is 2.34. The number of sulfonamides is 1. The number of nitrogens with zero attached hydrogens (tertiary/aromatic N) is 2. The van der Waals surface area contributed by atoms with Crippen LogP contribution in [-0.2, 0) is 10.0 Å². The number of aromatic nitrogens is 2. The summed E-state index contributed by atoms with van der Waals surface area (Å²) in [6.07, 6.45) is 5.24. The molecule has 1 aliphatic rings. The number of aryl methyl sites for hydroxylation is 1. The van der Waals surface area contributed by atoms with Crippen molar-refractivity contribution >= 4 is 20.9 Å². The summed E-state index contributed by atoms with van der Waals surface area (Å²) in [5, 5.41) is 0.689. The molecular weight excluding hydrogens is 322 g/mol. The molecule has 1 fully saturated rings. The SMILES string of the molecule is Cc1ccc(S(=O)(=O)N2CCC[C@@H]2c2ccc[nH]2)c2cccnc12. The molecule has 3 heterocycles. The van der Waals surface area contributed by atoms with Crippen molar-refractivity contribution in [3.05, 3.63) is 60.0 Å². The van der Waals surface area contributed by atoms with Crippen LogP contribution in [0.4, 0.5) is 0 Å². The monoisotopic (exact) mass is 341 g/mol. The van der Waals surface area contributed by atoms with E-state index in [1.54, 1.807) is 22.6 Å². The molecule has 24 heavy (non-hydrogen) atoms. The first kappa shape index (κ1) is 15.4.